The molecule has 3 aliphatic rings. The average molecular weight is 403 g/mol. The van der Waals surface area contributed by atoms with E-state index in [2.05, 4.69) is 0 Å². The summed E-state index contributed by atoms with van der Waals surface area (Å²) in [5, 5.41) is 27.6. The molecular weight excluding hydrogens is 373 g/mol. The van der Waals surface area contributed by atoms with E-state index in [1.807, 2.05) is 0 Å². The number of carbonyl (C=O) groups is 1. The second kappa shape index (κ2) is 7.60. The van der Waals surface area contributed by atoms with Crippen molar-refractivity contribution in [3.63, 3.8) is 0 Å². The lowest BCUT2D eigenvalue weighted by atomic mass is 9.63. The Bertz CT molecular complexity index is 661. The minimum Gasteiger partial charge on any atom is -0.480 e. The summed E-state index contributed by atoms with van der Waals surface area (Å²) in [6.07, 6.45) is 6.10. The van der Waals surface area contributed by atoms with Gasteiger partial charge in [-0.2, -0.15) is 17.0 Å². The monoisotopic (exact) mass is 403 g/mol. The Labute approximate surface area is 160 Å². The summed E-state index contributed by atoms with van der Waals surface area (Å²) in [4.78, 5) is 11.8. The molecule has 2 saturated heterocycles. The van der Waals surface area contributed by atoms with E-state index >= 15 is 0 Å². The van der Waals surface area contributed by atoms with Gasteiger partial charge in [0, 0.05) is 32.1 Å². The second-order valence-electron chi connectivity index (χ2n) is 8.51. The van der Waals surface area contributed by atoms with Crippen LogP contribution in [0.2, 0.25) is 6.32 Å². The van der Waals surface area contributed by atoms with Crippen LogP contribution in [0.5, 0.6) is 0 Å². The summed E-state index contributed by atoms with van der Waals surface area (Å²) in [6, 6.07) is 0. The first kappa shape index (κ1) is 21.0. The minimum atomic E-state index is -3.75. The largest absolute Gasteiger partial charge is 0.480 e. The van der Waals surface area contributed by atoms with Gasteiger partial charge in [-0.3, -0.25) is 4.79 Å². The highest BCUT2D eigenvalue weighted by atomic mass is 32.2. The van der Waals surface area contributed by atoms with E-state index in [1.54, 1.807) is 0 Å². The van der Waals surface area contributed by atoms with Crippen molar-refractivity contribution in [2.24, 2.45) is 17.1 Å². The number of carboxylic acid groups (broad SMARTS) is 1. The quantitative estimate of drug-likeness (QED) is 0.418. The molecule has 0 aromatic carbocycles. The summed E-state index contributed by atoms with van der Waals surface area (Å²) in [7, 11) is -5.21. The van der Waals surface area contributed by atoms with Gasteiger partial charge in [0.1, 0.15) is 5.54 Å². The van der Waals surface area contributed by atoms with Crippen molar-refractivity contribution in [1.29, 1.82) is 0 Å². The highest BCUT2D eigenvalue weighted by Crippen LogP contribution is 2.49. The third kappa shape index (κ3) is 4.04. The van der Waals surface area contributed by atoms with Crippen molar-refractivity contribution in [3.8, 4) is 0 Å². The van der Waals surface area contributed by atoms with E-state index in [1.165, 1.54) is 27.9 Å². The summed E-state index contributed by atoms with van der Waals surface area (Å²) < 4.78 is 28.8. The number of nitrogens with two attached hydrogens (primary N) is 1. The summed E-state index contributed by atoms with van der Waals surface area (Å²) >= 11 is 0. The number of hydrogen-bond donors (Lipinski definition) is 4. The maximum Gasteiger partial charge on any atom is 0.451 e. The highest BCUT2D eigenvalue weighted by Gasteiger charge is 2.54. The lowest BCUT2D eigenvalue weighted by Gasteiger charge is -2.47. The van der Waals surface area contributed by atoms with E-state index < -0.39 is 34.8 Å². The van der Waals surface area contributed by atoms with E-state index in [9.17, 15) is 18.3 Å². The van der Waals surface area contributed by atoms with Gasteiger partial charge in [-0.15, -0.1) is 0 Å². The molecule has 0 bridgehead atoms. The number of piperidine rings is 1. The SMILES string of the molecule is N[C@@]1(C(=O)O)CN(S(=O)(=O)N2CCC3(CCC3)CC2)C[C@@H]1CCCB(O)O. The van der Waals surface area contributed by atoms with E-state index in [4.69, 9.17) is 15.8 Å². The molecule has 1 spiro atoms. The molecule has 154 valence electrons. The van der Waals surface area contributed by atoms with Crippen molar-refractivity contribution in [2.75, 3.05) is 26.2 Å². The molecule has 1 aliphatic carbocycles. The van der Waals surface area contributed by atoms with Crippen LogP contribution in [0, 0.1) is 11.3 Å². The van der Waals surface area contributed by atoms with Gasteiger partial charge < -0.3 is 20.9 Å². The van der Waals surface area contributed by atoms with Crippen LogP contribution in [0.25, 0.3) is 0 Å². The lowest BCUT2D eigenvalue weighted by Crippen LogP contribution is -2.56. The van der Waals surface area contributed by atoms with E-state index in [-0.39, 0.29) is 19.4 Å². The average Bonchev–Trinajstić information content (AvgIpc) is 2.92. The molecular formula is C16H30BN3O6S. The molecule has 27 heavy (non-hydrogen) atoms. The number of hydrogen-bond acceptors (Lipinski definition) is 6. The molecule has 1 saturated carbocycles. The van der Waals surface area contributed by atoms with Crippen molar-refractivity contribution in [3.05, 3.63) is 0 Å². The Hall–Kier alpha value is -0.715. The highest BCUT2D eigenvalue weighted by molar-refractivity contribution is 7.86. The Morgan fingerprint density at radius 2 is 1.78 bits per heavy atom. The maximum absolute atomic E-state index is 13.1. The Balaban J connectivity index is 1.67. The first-order valence-corrected chi connectivity index (χ1v) is 11.1. The van der Waals surface area contributed by atoms with Gasteiger partial charge in [0.25, 0.3) is 10.2 Å². The first-order chi connectivity index (χ1) is 12.6. The van der Waals surface area contributed by atoms with Crippen LogP contribution < -0.4 is 5.73 Å². The number of rotatable bonds is 7. The molecule has 3 fully saturated rings. The molecule has 0 aromatic heterocycles. The molecule has 0 unspecified atom stereocenters. The summed E-state index contributed by atoms with van der Waals surface area (Å²) in [5.74, 6) is -1.78. The molecule has 11 heteroatoms. The van der Waals surface area contributed by atoms with Gasteiger partial charge in [-0.05, 0) is 43.8 Å². The molecule has 2 atom stereocenters. The first-order valence-electron chi connectivity index (χ1n) is 9.73. The molecule has 0 radical (unpaired) electrons. The lowest BCUT2D eigenvalue weighted by molar-refractivity contribution is -0.144. The van der Waals surface area contributed by atoms with Gasteiger partial charge in [0.05, 0.1) is 0 Å². The zero-order valence-electron chi connectivity index (χ0n) is 15.6. The van der Waals surface area contributed by atoms with Crippen LogP contribution in [0.15, 0.2) is 0 Å². The van der Waals surface area contributed by atoms with E-state index in [0.29, 0.717) is 31.3 Å². The fourth-order valence-corrected chi connectivity index (χ4v) is 6.45. The third-order valence-corrected chi connectivity index (χ3v) is 8.80. The minimum absolute atomic E-state index is 0.0499. The number of carboxylic acids is 1. The molecule has 9 nitrogen and oxygen atoms in total. The van der Waals surface area contributed by atoms with E-state index in [0.717, 1.165) is 12.8 Å². The van der Waals surface area contributed by atoms with Gasteiger partial charge in [0.15, 0.2) is 0 Å². The number of nitrogens with zero attached hydrogens (tertiary/aromatic N) is 2. The van der Waals surface area contributed by atoms with Crippen LogP contribution in [-0.2, 0) is 15.0 Å². The molecule has 2 heterocycles. The molecule has 2 aliphatic heterocycles. The molecule has 3 rings (SSSR count). The zero-order valence-corrected chi connectivity index (χ0v) is 16.4. The number of aliphatic carboxylic acids is 1. The molecule has 0 amide bonds. The van der Waals surface area contributed by atoms with Crippen molar-refractivity contribution < 1.29 is 28.4 Å². The van der Waals surface area contributed by atoms with Gasteiger partial charge in [-0.1, -0.05) is 12.8 Å². The van der Waals surface area contributed by atoms with Crippen LogP contribution in [-0.4, -0.2) is 77.0 Å². The predicted octanol–water partition coefficient (Wildman–Crippen LogP) is -0.536. The fraction of sp³-hybridized carbons (Fsp3) is 0.938. The predicted molar refractivity (Wildman–Crippen MR) is 99.9 cm³/mol. The molecule has 5 N–H and O–H groups in total. The van der Waals surface area contributed by atoms with Gasteiger partial charge >= 0.3 is 13.1 Å². The standard InChI is InChI=1S/C16H30BN3O6S/c18-16(14(21)22)12-20(11-13(16)3-1-8-17(23)24)27(25,26)19-9-6-15(7-10-19)4-2-5-15/h13,23-24H,1-12,18H2,(H,21,22)/t13-,16-/m0/s1. The van der Waals surface area contributed by atoms with Gasteiger partial charge in [-0.25, -0.2) is 0 Å². The van der Waals surface area contributed by atoms with Crippen molar-refractivity contribution >= 4 is 23.3 Å². The topological polar surface area (TPSA) is 144 Å². The smallest absolute Gasteiger partial charge is 0.451 e. The zero-order chi connectivity index (χ0) is 19.9. The third-order valence-electron chi connectivity index (χ3n) is 6.85. The maximum atomic E-state index is 13.1. The van der Waals surface area contributed by atoms with Crippen LogP contribution in [0.1, 0.15) is 44.9 Å². The van der Waals surface area contributed by atoms with Crippen LogP contribution in [0.3, 0.4) is 0 Å². The van der Waals surface area contributed by atoms with Crippen molar-refractivity contribution in [2.45, 2.75) is 56.8 Å². The fourth-order valence-electron chi connectivity index (χ4n) is 4.74. The Morgan fingerprint density at radius 3 is 2.26 bits per heavy atom. The van der Waals surface area contributed by atoms with Crippen LogP contribution in [0.4, 0.5) is 0 Å². The normalized spacial score (nSPS) is 31.7. The summed E-state index contributed by atoms with van der Waals surface area (Å²) in [6.45, 7) is 0.753. The second-order valence-corrected chi connectivity index (χ2v) is 10.4. The van der Waals surface area contributed by atoms with Crippen LogP contribution >= 0.6 is 0 Å². The summed E-state index contributed by atoms with van der Waals surface area (Å²) in [5.41, 5.74) is 4.77. The molecule has 0 aromatic rings. The Morgan fingerprint density at radius 1 is 1.15 bits per heavy atom. The van der Waals surface area contributed by atoms with Crippen molar-refractivity contribution in [1.82, 2.24) is 8.61 Å². The Kier molecular flexibility index (Phi) is 5.92. The van der Waals surface area contributed by atoms with Gasteiger partial charge in [0.2, 0.25) is 0 Å².